The van der Waals surface area contributed by atoms with E-state index in [-0.39, 0.29) is 5.91 Å². The van der Waals surface area contributed by atoms with Crippen LogP contribution in [0.25, 0.3) is 0 Å². The van der Waals surface area contributed by atoms with Crippen molar-refractivity contribution >= 4 is 17.4 Å². The van der Waals surface area contributed by atoms with E-state index in [2.05, 4.69) is 22.5 Å². The summed E-state index contributed by atoms with van der Waals surface area (Å²) in [6.07, 6.45) is 4.25. The second kappa shape index (κ2) is 7.62. The normalized spacial score (nSPS) is 10.0. The highest BCUT2D eigenvalue weighted by Crippen LogP contribution is 2.09. The van der Waals surface area contributed by atoms with E-state index in [0.29, 0.717) is 18.7 Å². The second-order valence-corrected chi connectivity index (χ2v) is 3.80. The summed E-state index contributed by atoms with van der Waals surface area (Å²) in [5, 5.41) is 5.94. The molecule has 0 aliphatic heterocycles. The molecule has 5 nitrogen and oxygen atoms in total. The summed E-state index contributed by atoms with van der Waals surface area (Å²) < 4.78 is 0. The zero-order valence-electron chi connectivity index (χ0n) is 10.2. The number of carbonyl (C=O) groups is 1. The molecule has 0 fully saturated rings. The highest BCUT2D eigenvalue weighted by molar-refractivity contribution is 5.90. The monoisotopic (exact) mass is 236 g/mol. The highest BCUT2D eigenvalue weighted by atomic mass is 16.1. The van der Waals surface area contributed by atoms with E-state index in [0.717, 1.165) is 25.2 Å². The lowest BCUT2D eigenvalue weighted by atomic mass is 10.3. The number of rotatable bonds is 7. The Labute approximate surface area is 102 Å². The van der Waals surface area contributed by atoms with Gasteiger partial charge in [0.05, 0.1) is 11.9 Å². The lowest BCUT2D eigenvalue weighted by molar-refractivity contribution is -0.116. The average molecular weight is 236 g/mol. The molecule has 1 aromatic rings. The second-order valence-electron chi connectivity index (χ2n) is 3.80. The average Bonchev–Trinajstić information content (AvgIpc) is 2.32. The fourth-order valence-corrected chi connectivity index (χ4v) is 1.32. The molecule has 1 heterocycles. The van der Waals surface area contributed by atoms with Gasteiger partial charge >= 0.3 is 0 Å². The number of nitrogens with one attached hydrogen (secondary N) is 2. The summed E-state index contributed by atoms with van der Waals surface area (Å²) in [5.74, 6) is 0.747. The molecule has 1 amide bonds. The van der Waals surface area contributed by atoms with Crippen LogP contribution in [0.4, 0.5) is 11.5 Å². The van der Waals surface area contributed by atoms with Crippen molar-refractivity contribution in [3.8, 4) is 0 Å². The Morgan fingerprint density at radius 1 is 1.47 bits per heavy atom. The topological polar surface area (TPSA) is 80.0 Å². The fourth-order valence-electron chi connectivity index (χ4n) is 1.32. The zero-order chi connectivity index (χ0) is 12.5. The molecule has 4 N–H and O–H groups in total. The maximum absolute atomic E-state index is 11.3. The number of nitrogens with zero attached hydrogens (tertiary/aromatic N) is 1. The SMILES string of the molecule is CCCCNc1ccc(NC(=O)CCN)cn1. The van der Waals surface area contributed by atoms with Gasteiger partial charge in [-0.25, -0.2) is 4.98 Å². The molecule has 94 valence electrons. The number of amides is 1. The van der Waals surface area contributed by atoms with Gasteiger partial charge < -0.3 is 16.4 Å². The first-order chi connectivity index (χ1) is 8.26. The zero-order valence-corrected chi connectivity index (χ0v) is 10.2. The predicted octanol–water partition coefficient (Wildman–Crippen LogP) is 1.58. The first-order valence-electron chi connectivity index (χ1n) is 5.96. The standard InChI is InChI=1S/C12H20N4O/c1-2-3-8-14-11-5-4-10(9-15-11)16-12(17)6-7-13/h4-5,9H,2-3,6-8,13H2,1H3,(H,14,15)(H,16,17). The molecule has 0 saturated heterocycles. The Balaban J connectivity index is 2.41. The number of unbranched alkanes of at least 4 members (excludes halogenated alkanes) is 1. The number of aromatic nitrogens is 1. The molecule has 0 bridgehead atoms. The molecule has 17 heavy (non-hydrogen) atoms. The number of hydrogen-bond donors (Lipinski definition) is 3. The summed E-state index contributed by atoms with van der Waals surface area (Å²) in [7, 11) is 0. The van der Waals surface area contributed by atoms with Crippen molar-refractivity contribution in [3.05, 3.63) is 18.3 Å². The molecule has 0 unspecified atom stereocenters. The summed E-state index contributed by atoms with van der Waals surface area (Å²) in [6.45, 7) is 3.42. The van der Waals surface area contributed by atoms with Crippen LogP contribution < -0.4 is 16.4 Å². The molecule has 1 rings (SSSR count). The van der Waals surface area contributed by atoms with Crippen LogP contribution in [0.15, 0.2) is 18.3 Å². The van der Waals surface area contributed by atoms with Gasteiger partial charge in [0.15, 0.2) is 0 Å². The van der Waals surface area contributed by atoms with E-state index in [1.807, 2.05) is 12.1 Å². The van der Waals surface area contributed by atoms with Crippen LogP contribution in [0.5, 0.6) is 0 Å². The van der Waals surface area contributed by atoms with E-state index < -0.39 is 0 Å². The summed E-state index contributed by atoms with van der Waals surface area (Å²) in [6, 6.07) is 3.68. The molecule has 0 aliphatic carbocycles. The van der Waals surface area contributed by atoms with Crippen LogP contribution in [0.3, 0.4) is 0 Å². The van der Waals surface area contributed by atoms with E-state index in [4.69, 9.17) is 5.73 Å². The Bertz CT molecular complexity index is 337. The van der Waals surface area contributed by atoms with Crippen molar-refractivity contribution in [1.29, 1.82) is 0 Å². The van der Waals surface area contributed by atoms with Gasteiger partial charge in [0.25, 0.3) is 0 Å². The van der Waals surface area contributed by atoms with Gasteiger partial charge in [-0.05, 0) is 18.6 Å². The van der Waals surface area contributed by atoms with Gasteiger partial charge in [-0.15, -0.1) is 0 Å². The fraction of sp³-hybridized carbons (Fsp3) is 0.500. The van der Waals surface area contributed by atoms with Crippen molar-refractivity contribution in [2.45, 2.75) is 26.2 Å². The molecule has 0 saturated carbocycles. The molecule has 0 aliphatic rings. The maximum Gasteiger partial charge on any atom is 0.225 e. The van der Waals surface area contributed by atoms with Crippen molar-refractivity contribution in [2.75, 3.05) is 23.7 Å². The van der Waals surface area contributed by atoms with Gasteiger partial charge in [0, 0.05) is 19.5 Å². The van der Waals surface area contributed by atoms with Crippen LogP contribution in [0.1, 0.15) is 26.2 Å². The minimum absolute atomic E-state index is 0.0824. The summed E-state index contributed by atoms with van der Waals surface area (Å²) in [4.78, 5) is 15.5. The molecule has 0 spiro atoms. The number of hydrogen-bond acceptors (Lipinski definition) is 4. The van der Waals surface area contributed by atoms with E-state index >= 15 is 0 Å². The quantitative estimate of drug-likeness (QED) is 0.628. The molecule has 0 aromatic carbocycles. The molecule has 0 atom stereocenters. The van der Waals surface area contributed by atoms with Gasteiger partial charge in [0.2, 0.25) is 5.91 Å². The lowest BCUT2D eigenvalue weighted by Gasteiger charge is -2.06. The van der Waals surface area contributed by atoms with Crippen LogP contribution in [0, 0.1) is 0 Å². The molecule has 1 aromatic heterocycles. The highest BCUT2D eigenvalue weighted by Gasteiger charge is 2.01. The number of pyridine rings is 1. The number of anilines is 2. The minimum Gasteiger partial charge on any atom is -0.370 e. The third-order valence-corrected chi connectivity index (χ3v) is 2.26. The van der Waals surface area contributed by atoms with E-state index in [9.17, 15) is 4.79 Å². The molecular weight excluding hydrogens is 216 g/mol. The lowest BCUT2D eigenvalue weighted by Crippen LogP contribution is -2.16. The van der Waals surface area contributed by atoms with Crippen molar-refractivity contribution < 1.29 is 4.79 Å². The first-order valence-corrected chi connectivity index (χ1v) is 5.96. The number of carbonyl (C=O) groups excluding carboxylic acids is 1. The smallest absolute Gasteiger partial charge is 0.225 e. The molecular formula is C12H20N4O. The first kappa shape index (κ1) is 13.4. The third kappa shape index (κ3) is 5.31. The Morgan fingerprint density at radius 3 is 2.88 bits per heavy atom. The summed E-state index contributed by atoms with van der Waals surface area (Å²) in [5.41, 5.74) is 5.99. The largest absolute Gasteiger partial charge is 0.370 e. The van der Waals surface area contributed by atoms with Crippen LogP contribution >= 0.6 is 0 Å². The van der Waals surface area contributed by atoms with Crippen LogP contribution in [0.2, 0.25) is 0 Å². The van der Waals surface area contributed by atoms with Gasteiger partial charge in [-0.2, -0.15) is 0 Å². The third-order valence-electron chi connectivity index (χ3n) is 2.26. The molecule has 0 radical (unpaired) electrons. The Kier molecular flexibility index (Phi) is 6.03. The van der Waals surface area contributed by atoms with Crippen LogP contribution in [-0.4, -0.2) is 24.0 Å². The maximum atomic E-state index is 11.3. The number of nitrogens with two attached hydrogens (primary N) is 1. The van der Waals surface area contributed by atoms with Gasteiger partial charge in [-0.3, -0.25) is 4.79 Å². The van der Waals surface area contributed by atoms with Crippen LogP contribution in [-0.2, 0) is 4.79 Å². The predicted molar refractivity (Wildman–Crippen MR) is 69.9 cm³/mol. The van der Waals surface area contributed by atoms with Crippen molar-refractivity contribution in [2.24, 2.45) is 5.73 Å². The van der Waals surface area contributed by atoms with E-state index in [1.54, 1.807) is 6.20 Å². The molecule has 5 heteroatoms. The van der Waals surface area contributed by atoms with Gasteiger partial charge in [-0.1, -0.05) is 13.3 Å². The minimum atomic E-state index is -0.0824. The van der Waals surface area contributed by atoms with Crippen molar-refractivity contribution in [1.82, 2.24) is 4.98 Å². The van der Waals surface area contributed by atoms with E-state index in [1.165, 1.54) is 0 Å². The van der Waals surface area contributed by atoms with Crippen molar-refractivity contribution in [3.63, 3.8) is 0 Å². The van der Waals surface area contributed by atoms with Gasteiger partial charge in [0.1, 0.15) is 5.82 Å². The summed E-state index contributed by atoms with van der Waals surface area (Å²) >= 11 is 0. The Morgan fingerprint density at radius 2 is 2.29 bits per heavy atom. The Hall–Kier alpha value is -1.62.